The van der Waals surface area contributed by atoms with Crippen LogP contribution in [0.4, 0.5) is 0 Å². The molecule has 94 valence electrons. The normalized spacial score (nSPS) is 34.1. The molecule has 0 aliphatic carbocycles. The van der Waals surface area contributed by atoms with Crippen LogP contribution in [0.3, 0.4) is 0 Å². The minimum atomic E-state index is 0.108. The van der Waals surface area contributed by atoms with Gasteiger partial charge >= 0.3 is 0 Å². The van der Waals surface area contributed by atoms with E-state index >= 15 is 0 Å². The molecule has 2 heterocycles. The molecule has 1 atom stereocenters. The van der Waals surface area contributed by atoms with Crippen molar-refractivity contribution in [3.8, 4) is 0 Å². The van der Waals surface area contributed by atoms with E-state index in [1.54, 1.807) is 0 Å². The molecule has 2 aliphatic heterocycles. The maximum Gasteiger partial charge on any atom is 0.286 e. The molecule has 3 nitrogen and oxygen atoms in total. The van der Waals surface area contributed by atoms with Crippen molar-refractivity contribution in [2.45, 2.75) is 77.2 Å². The molecular formula is C13H26NO2+. The third-order valence-corrected chi connectivity index (χ3v) is 3.87. The Morgan fingerprint density at radius 1 is 1.06 bits per heavy atom. The van der Waals surface area contributed by atoms with Gasteiger partial charge in [-0.05, 0) is 53.4 Å². The molecule has 0 amide bonds. The Bertz CT molecular complexity index is 228. The third-order valence-electron chi connectivity index (χ3n) is 3.87. The van der Waals surface area contributed by atoms with E-state index in [2.05, 4.69) is 32.8 Å². The third kappa shape index (κ3) is 2.41. The fourth-order valence-corrected chi connectivity index (χ4v) is 3.08. The Balaban J connectivity index is 2.06. The number of hydroxylamine groups is 2. The number of hydrogen-bond donors (Lipinski definition) is 0. The highest BCUT2D eigenvalue weighted by Crippen LogP contribution is 2.38. The summed E-state index contributed by atoms with van der Waals surface area (Å²) >= 11 is 0. The van der Waals surface area contributed by atoms with Crippen molar-refractivity contribution in [1.82, 2.24) is 5.06 Å². The summed E-state index contributed by atoms with van der Waals surface area (Å²) in [5.41, 5.74) is 0.349. The van der Waals surface area contributed by atoms with Gasteiger partial charge in [-0.2, -0.15) is 0 Å². The van der Waals surface area contributed by atoms with Crippen LogP contribution in [0.15, 0.2) is 0 Å². The lowest BCUT2D eigenvalue weighted by molar-refractivity contribution is -0.440. The lowest BCUT2D eigenvalue weighted by atomic mass is 9.82. The maximum absolute atomic E-state index is 5.63. The first-order valence-corrected chi connectivity index (χ1v) is 6.55. The summed E-state index contributed by atoms with van der Waals surface area (Å²) in [4.78, 5) is 4.85. The van der Waals surface area contributed by atoms with Gasteiger partial charge in [-0.3, -0.25) is 0 Å². The van der Waals surface area contributed by atoms with Crippen molar-refractivity contribution in [3.05, 3.63) is 0 Å². The summed E-state index contributed by atoms with van der Waals surface area (Å²) in [6.45, 7) is 10.1. The number of piperidine rings is 1. The first-order chi connectivity index (χ1) is 7.42. The molecule has 2 aliphatic rings. The van der Waals surface area contributed by atoms with Crippen molar-refractivity contribution < 1.29 is 9.57 Å². The van der Waals surface area contributed by atoms with Gasteiger partial charge in [0.25, 0.3) is 6.29 Å². The fourth-order valence-electron chi connectivity index (χ4n) is 3.08. The molecule has 3 heteroatoms. The van der Waals surface area contributed by atoms with Crippen molar-refractivity contribution >= 4 is 0 Å². The Hall–Kier alpha value is -0.120. The topological polar surface area (TPSA) is 25.3 Å². The smallest absolute Gasteiger partial charge is 0.286 e. The second-order valence-corrected chi connectivity index (χ2v) is 6.37. The van der Waals surface area contributed by atoms with Crippen LogP contribution < -0.4 is 0 Å². The Morgan fingerprint density at radius 2 is 1.69 bits per heavy atom. The van der Waals surface area contributed by atoms with Gasteiger partial charge in [0.05, 0.1) is 24.1 Å². The van der Waals surface area contributed by atoms with E-state index in [0.29, 0.717) is 0 Å². The zero-order valence-electron chi connectivity index (χ0n) is 11.1. The number of hydrogen-bond acceptors (Lipinski definition) is 2. The molecule has 2 saturated heterocycles. The lowest BCUT2D eigenvalue weighted by Gasteiger charge is -2.47. The van der Waals surface area contributed by atoms with Crippen LogP contribution >= 0.6 is 0 Å². The second-order valence-electron chi connectivity index (χ2n) is 6.37. The number of rotatable bonds is 2. The number of aliphatic hydroxyl groups is 1. The van der Waals surface area contributed by atoms with E-state index in [-0.39, 0.29) is 17.4 Å². The van der Waals surface area contributed by atoms with Crippen LogP contribution in [0.25, 0.3) is 0 Å². The summed E-state index contributed by atoms with van der Waals surface area (Å²) in [5.74, 6) is 0. The fraction of sp³-hybridized carbons (Fsp3) is 1.00. The molecule has 1 unspecified atom stereocenters. The summed E-state index contributed by atoms with van der Waals surface area (Å²) in [6.07, 6.45) is 6.11. The van der Waals surface area contributed by atoms with E-state index in [9.17, 15) is 0 Å². The SMILES string of the molecule is CC1(C)CCCC(C)(C)N1[OH+]C1CCCO1. The average molecular weight is 228 g/mol. The van der Waals surface area contributed by atoms with E-state index in [1.807, 2.05) is 0 Å². The van der Waals surface area contributed by atoms with Crippen LogP contribution in [-0.2, 0) is 4.74 Å². The highest BCUT2D eigenvalue weighted by molar-refractivity contribution is 4.92. The minimum absolute atomic E-state index is 0.108. The summed E-state index contributed by atoms with van der Waals surface area (Å²) in [5, 5.41) is 2.32. The highest BCUT2D eigenvalue weighted by Gasteiger charge is 2.48. The molecule has 16 heavy (non-hydrogen) atoms. The van der Waals surface area contributed by atoms with Crippen molar-refractivity contribution in [2.24, 2.45) is 0 Å². The van der Waals surface area contributed by atoms with E-state index < -0.39 is 0 Å². The quantitative estimate of drug-likeness (QED) is 0.679. The molecule has 2 rings (SSSR count). The van der Waals surface area contributed by atoms with Crippen LogP contribution in [0.1, 0.15) is 59.8 Å². The van der Waals surface area contributed by atoms with Gasteiger partial charge < -0.3 is 9.57 Å². The van der Waals surface area contributed by atoms with Crippen molar-refractivity contribution in [1.29, 1.82) is 0 Å². The zero-order valence-corrected chi connectivity index (χ0v) is 11.1. The molecule has 0 aromatic rings. The Kier molecular flexibility index (Phi) is 3.30. The van der Waals surface area contributed by atoms with Gasteiger partial charge in [0.1, 0.15) is 0 Å². The van der Waals surface area contributed by atoms with Crippen molar-refractivity contribution in [3.63, 3.8) is 0 Å². The van der Waals surface area contributed by atoms with Gasteiger partial charge in [-0.15, -0.1) is 0 Å². The molecule has 0 aromatic heterocycles. The summed E-state index contributed by atoms with van der Waals surface area (Å²) in [6, 6.07) is 0. The largest absolute Gasteiger partial charge is 0.311 e. The first-order valence-electron chi connectivity index (χ1n) is 6.55. The van der Waals surface area contributed by atoms with E-state index in [1.165, 1.54) is 19.3 Å². The molecule has 2 fully saturated rings. The average Bonchev–Trinajstić information content (AvgIpc) is 2.63. The predicted molar refractivity (Wildman–Crippen MR) is 65.0 cm³/mol. The second kappa shape index (κ2) is 4.28. The molecule has 0 bridgehead atoms. The standard InChI is InChI=1S/C13H25NO2/c1-12(2)8-6-9-13(3,4)14(12)16-11-7-5-10-15-11/h11H,5-10H2,1-4H3/p+1. The predicted octanol–water partition coefficient (Wildman–Crippen LogP) is 2.61. The first kappa shape index (κ1) is 12.3. The zero-order chi connectivity index (χ0) is 11.8. The molecule has 0 saturated carbocycles. The van der Waals surface area contributed by atoms with Gasteiger partial charge in [0.2, 0.25) is 0 Å². The molecular weight excluding hydrogens is 202 g/mol. The lowest BCUT2D eigenvalue weighted by Crippen LogP contribution is -2.61. The van der Waals surface area contributed by atoms with Gasteiger partial charge in [-0.1, -0.05) is 5.06 Å². The highest BCUT2D eigenvalue weighted by atomic mass is 16.8. The van der Waals surface area contributed by atoms with Gasteiger partial charge in [0.15, 0.2) is 0 Å². The molecule has 0 aromatic carbocycles. The van der Waals surface area contributed by atoms with Crippen LogP contribution in [0.2, 0.25) is 0 Å². The van der Waals surface area contributed by atoms with Crippen LogP contribution in [0, 0.1) is 0 Å². The summed E-state index contributed by atoms with van der Waals surface area (Å²) in [7, 11) is 0. The minimum Gasteiger partial charge on any atom is -0.311 e. The number of ether oxygens (including phenoxy) is 1. The van der Waals surface area contributed by atoms with Crippen LogP contribution in [-0.4, -0.2) is 33.9 Å². The summed E-state index contributed by atoms with van der Waals surface area (Å²) < 4.78 is 5.63. The van der Waals surface area contributed by atoms with E-state index in [0.717, 1.165) is 19.4 Å². The number of nitrogens with zero attached hydrogens (tertiary/aromatic N) is 1. The Labute approximate surface area is 99.0 Å². The van der Waals surface area contributed by atoms with Crippen molar-refractivity contribution in [2.75, 3.05) is 6.61 Å². The van der Waals surface area contributed by atoms with Gasteiger partial charge in [0, 0.05) is 0 Å². The molecule has 1 N–H and O–H groups in total. The molecule has 0 spiro atoms. The molecule has 0 radical (unpaired) electrons. The monoisotopic (exact) mass is 228 g/mol. The van der Waals surface area contributed by atoms with Crippen LogP contribution in [0.5, 0.6) is 0 Å². The van der Waals surface area contributed by atoms with E-state index in [4.69, 9.17) is 9.57 Å². The van der Waals surface area contributed by atoms with Gasteiger partial charge in [-0.25, -0.2) is 0 Å². The Morgan fingerprint density at radius 3 is 2.19 bits per heavy atom. The maximum atomic E-state index is 5.63.